The van der Waals surface area contributed by atoms with E-state index in [4.69, 9.17) is 4.74 Å². The van der Waals surface area contributed by atoms with Gasteiger partial charge in [0.25, 0.3) is 0 Å². The Hall–Kier alpha value is -1.09. The maximum Gasteiger partial charge on any atom is 0.303 e. The lowest BCUT2D eigenvalue weighted by atomic mass is 9.68. The van der Waals surface area contributed by atoms with E-state index in [1.54, 1.807) is 0 Å². The molecule has 0 aliphatic heterocycles. The molecule has 1 N–H and O–H groups in total. The topological polar surface area (TPSA) is 46.5 Å². The highest BCUT2D eigenvalue weighted by molar-refractivity contribution is 5.66. The quantitative estimate of drug-likeness (QED) is 0.561. The van der Waals surface area contributed by atoms with E-state index in [0.717, 1.165) is 25.7 Å². The Kier molecular flexibility index (Phi) is 6.19. The summed E-state index contributed by atoms with van der Waals surface area (Å²) in [5.74, 6) is 0.541. The Morgan fingerprint density at radius 3 is 2.68 bits per heavy atom. The molecule has 25 heavy (non-hydrogen) atoms. The zero-order chi connectivity index (χ0) is 18.8. The fraction of sp³-hybridized carbons (Fsp3) is 0.773. The maximum atomic E-state index is 11.6. The van der Waals surface area contributed by atoms with Crippen LogP contribution in [0, 0.1) is 23.2 Å². The summed E-state index contributed by atoms with van der Waals surface area (Å²) in [7, 11) is 0. The van der Waals surface area contributed by atoms with Crippen LogP contribution in [0.25, 0.3) is 0 Å². The number of aliphatic hydroxyl groups is 1. The molecule has 0 radical (unpaired) electrons. The SMILES string of the molecule is CC(=O)OC(C)(C)[C@@H]1CC[C@]2(C)/C=C/[C@H](C)CC/C=C(\C)C[C@H](O)[C@@H]12. The highest BCUT2D eigenvalue weighted by Crippen LogP contribution is 2.54. The molecule has 142 valence electrons. The van der Waals surface area contributed by atoms with Crippen molar-refractivity contribution in [2.45, 2.75) is 85.4 Å². The van der Waals surface area contributed by atoms with Gasteiger partial charge in [0.2, 0.25) is 0 Å². The van der Waals surface area contributed by atoms with Gasteiger partial charge in [-0.3, -0.25) is 4.79 Å². The first-order chi connectivity index (χ1) is 11.5. The zero-order valence-electron chi connectivity index (χ0n) is 16.8. The third-order valence-electron chi connectivity index (χ3n) is 6.35. The van der Waals surface area contributed by atoms with E-state index in [0.29, 0.717) is 12.3 Å². The Balaban J connectivity index is 2.40. The third-order valence-corrected chi connectivity index (χ3v) is 6.35. The van der Waals surface area contributed by atoms with Crippen LogP contribution in [0.4, 0.5) is 0 Å². The number of hydrogen-bond acceptors (Lipinski definition) is 3. The number of ether oxygens (including phenoxy) is 1. The van der Waals surface area contributed by atoms with Crippen LogP contribution in [0.5, 0.6) is 0 Å². The monoisotopic (exact) mass is 348 g/mol. The smallest absolute Gasteiger partial charge is 0.303 e. The molecule has 2 rings (SSSR count). The normalized spacial score (nSPS) is 40.4. The number of fused-ring (bicyclic) bond motifs is 1. The van der Waals surface area contributed by atoms with Crippen LogP contribution in [0.2, 0.25) is 0 Å². The molecule has 0 amide bonds. The van der Waals surface area contributed by atoms with Gasteiger partial charge in [-0.05, 0) is 64.2 Å². The number of rotatable bonds is 2. The molecule has 0 saturated heterocycles. The second-order valence-corrected chi connectivity index (χ2v) is 9.11. The lowest BCUT2D eigenvalue weighted by Gasteiger charge is -2.41. The average molecular weight is 349 g/mol. The number of hydrogen-bond donors (Lipinski definition) is 1. The fourth-order valence-electron chi connectivity index (χ4n) is 5.01. The van der Waals surface area contributed by atoms with Crippen molar-refractivity contribution in [1.82, 2.24) is 0 Å². The van der Waals surface area contributed by atoms with E-state index in [2.05, 4.69) is 39.0 Å². The third kappa shape index (κ3) is 4.75. The van der Waals surface area contributed by atoms with Crippen molar-refractivity contribution in [2.24, 2.45) is 23.2 Å². The van der Waals surface area contributed by atoms with E-state index in [1.165, 1.54) is 12.5 Å². The van der Waals surface area contributed by atoms with Crippen molar-refractivity contribution >= 4 is 5.97 Å². The van der Waals surface area contributed by atoms with Crippen molar-refractivity contribution in [1.29, 1.82) is 0 Å². The van der Waals surface area contributed by atoms with Crippen molar-refractivity contribution < 1.29 is 14.6 Å². The molecule has 3 heteroatoms. The first-order valence-corrected chi connectivity index (χ1v) is 9.78. The van der Waals surface area contributed by atoms with E-state index < -0.39 is 11.7 Å². The molecule has 0 heterocycles. The summed E-state index contributed by atoms with van der Waals surface area (Å²) >= 11 is 0. The van der Waals surface area contributed by atoms with Crippen LogP contribution < -0.4 is 0 Å². The van der Waals surface area contributed by atoms with Gasteiger partial charge >= 0.3 is 5.97 Å². The van der Waals surface area contributed by atoms with E-state index in [1.807, 2.05) is 13.8 Å². The van der Waals surface area contributed by atoms with Gasteiger partial charge in [-0.25, -0.2) is 0 Å². The van der Waals surface area contributed by atoms with Crippen molar-refractivity contribution in [3.8, 4) is 0 Å². The summed E-state index contributed by atoms with van der Waals surface area (Å²) in [5.41, 5.74) is 0.646. The molecule has 1 fully saturated rings. The molecule has 5 atom stereocenters. The first kappa shape index (κ1) is 20.2. The molecular weight excluding hydrogens is 312 g/mol. The summed E-state index contributed by atoms with van der Waals surface area (Å²) in [6, 6.07) is 0. The lowest BCUT2D eigenvalue weighted by Crippen LogP contribution is -2.45. The number of carbonyl (C=O) groups excluding carboxylic acids is 1. The summed E-state index contributed by atoms with van der Waals surface area (Å²) in [6.07, 6.45) is 11.4. The average Bonchev–Trinajstić information content (AvgIpc) is 2.82. The van der Waals surface area contributed by atoms with Gasteiger partial charge in [-0.2, -0.15) is 0 Å². The minimum Gasteiger partial charge on any atom is -0.460 e. The van der Waals surface area contributed by atoms with Gasteiger partial charge in [-0.15, -0.1) is 0 Å². The van der Waals surface area contributed by atoms with Crippen LogP contribution in [0.15, 0.2) is 23.8 Å². The largest absolute Gasteiger partial charge is 0.460 e. The van der Waals surface area contributed by atoms with Crippen LogP contribution in [0.1, 0.15) is 73.6 Å². The molecule has 0 aromatic rings. The molecule has 0 aromatic heterocycles. The van der Waals surface area contributed by atoms with E-state index in [-0.39, 0.29) is 23.2 Å². The summed E-state index contributed by atoms with van der Waals surface area (Å²) < 4.78 is 5.68. The molecule has 0 bridgehead atoms. The minimum absolute atomic E-state index is 0.0552. The molecule has 2 aliphatic carbocycles. The summed E-state index contributed by atoms with van der Waals surface area (Å²) in [6.45, 7) is 12.1. The second-order valence-electron chi connectivity index (χ2n) is 9.11. The van der Waals surface area contributed by atoms with Crippen LogP contribution in [-0.4, -0.2) is 22.8 Å². The lowest BCUT2D eigenvalue weighted by molar-refractivity contribution is -0.163. The molecule has 0 spiro atoms. The van der Waals surface area contributed by atoms with Crippen molar-refractivity contribution in [3.63, 3.8) is 0 Å². The van der Waals surface area contributed by atoms with Crippen LogP contribution in [0.3, 0.4) is 0 Å². The first-order valence-electron chi connectivity index (χ1n) is 9.78. The fourth-order valence-corrected chi connectivity index (χ4v) is 5.01. The van der Waals surface area contributed by atoms with Gasteiger partial charge in [0.1, 0.15) is 5.60 Å². The number of aliphatic hydroxyl groups excluding tert-OH is 1. The Morgan fingerprint density at radius 2 is 2.04 bits per heavy atom. The summed E-state index contributed by atoms with van der Waals surface area (Å²) in [4.78, 5) is 11.6. The van der Waals surface area contributed by atoms with E-state index in [9.17, 15) is 9.90 Å². The highest BCUT2D eigenvalue weighted by atomic mass is 16.6. The van der Waals surface area contributed by atoms with Crippen LogP contribution >= 0.6 is 0 Å². The predicted molar refractivity (Wildman–Crippen MR) is 102 cm³/mol. The molecule has 3 nitrogen and oxygen atoms in total. The molecule has 0 unspecified atom stereocenters. The maximum absolute atomic E-state index is 11.6. The summed E-state index contributed by atoms with van der Waals surface area (Å²) in [5, 5.41) is 11.1. The van der Waals surface area contributed by atoms with Gasteiger partial charge < -0.3 is 9.84 Å². The van der Waals surface area contributed by atoms with Gasteiger partial charge in [0, 0.05) is 18.8 Å². The number of esters is 1. The number of allylic oxidation sites excluding steroid dienone is 3. The van der Waals surface area contributed by atoms with E-state index >= 15 is 0 Å². The van der Waals surface area contributed by atoms with Crippen LogP contribution in [-0.2, 0) is 9.53 Å². The van der Waals surface area contributed by atoms with Gasteiger partial charge in [-0.1, -0.05) is 37.6 Å². The van der Waals surface area contributed by atoms with Gasteiger partial charge in [0.15, 0.2) is 0 Å². The zero-order valence-corrected chi connectivity index (χ0v) is 16.8. The number of carbonyl (C=O) groups is 1. The van der Waals surface area contributed by atoms with Crippen molar-refractivity contribution in [3.05, 3.63) is 23.8 Å². The standard InChI is InChI=1S/C22H36O3/c1-15-8-7-9-16(2)14-19(24)20-18(21(4,5)25-17(3)23)11-13-22(20,6)12-10-15/h9-10,12,15,18-20,24H,7-8,11,13-14H2,1-6H3/b12-10+,16-9+/t15-,18-,19+,20-,22+/m1/s1. The Bertz CT molecular complexity index is 545. The Labute approximate surface area is 153 Å². The molecule has 1 saturated carbocycles. The Morgan fingerprint density at radius 1 is 1.36 bits per heavy atom. The molecular formula is C22H36O3. The molecule has 0 aromatic carbocycles. The van der Waals surface area contributed by atoms with Crippen molar-refractivity contribution in [2.75, 3.05) is 0 Å². The van der Waals surface area contributed by atoms with Gasteiger partial charge in [0.05, 0.1) is 6.10 Å². The highest BCUT2D eigenvalue weighted by Gasteiger charge is 2.53. The minimum atomic E-state index is -0.563. The molecule has 2 aliphatic rings. The predicted octanol–water partition coefficient (Wildman–Crippen LogP) is 5.04. The second kappa shape index (κ2) is 7.65.